The van der Waals surface area contributed by atoms with Crippen molar-refractivity contribution in [2.75, 3.05) is 12.4 Å². The second-order valence-electron chi connectivity index (χ2n) is 2.13. The maximum atomic E-state index is 10.8. The van der Waals surface area contributed by atoms with Gasteiger partial charge in [-0.05, 0) is 13.8 Å². The van der Waals surface area contributed by atoms with Gasteiger partial charge in [-0.25, -0.2) is 0 Å². The summed E-state index contributed by atoms with van der Waals surface area (Å²) in [5.41, 5.74) is 0. The fourth-order valence-electron chi connectivity index (χ4n) is 0.576. The van der Waals surface area contributed by atoms with E-state index in [1.54, 1.807) is 13.8 Å². The zero-order valence-electron chi connectivity index (χ0n) is 7.28. The third kappa shape index (κ3) is 6.15. The summed E-state index contributed by atoms with van der Waals surface area (Å²) in [6, 6.07) is 0. The van der Waals surface area contributed by atoms with E-state index >= 15 is 0 Å². The van der Waals surface area contributed by atoms with Crippen LogP contribution in [0.15, 0.2) is 5.18 Å². The molecule has 0 saturated carbocycles. The molecule has 0 amide bonds. The van der Waals surface area contributed by atoms with Crippen LogP contribution in [0.1, 0.15) is 20.3 Å². The van der Waals surface area contributed by atoms with Crippen molar-refractivity contribution in [2.24, 2.45) is 5.18 Å². The first-order valence-corrected chi connectivity index (χ1v) is 4.85. The lowest BCUT2D eigenvalue weighted by Gasteiger charge is -2.02. The molecule has 0 heterocycles. The molecule has 0 rings (SSSR count). The van der Waals surface area contributed by atoms with E-state index in [1.165, 1.54) is 11.8 Å². The number of carbonyl (C=O) groups is 1. The van der Waals surface area contributed by atoms with Crippen molar-refractivity contribution in [3.05, 3.63) is 4.91 Å². The number of nitroso groups, excluding NO2 is 1. The number of ether oxygens (including phenoxy) is 1. The van der Waals surface area contributed by atoms with E-state index in [2.05, 4.69) is 5.18 Å². The third-order valence-electron chi connectivity index (χ3n) is 1.12. The molecule has 1 unspecified atom stereocenters. The van der Waals surface area contributed by atoms with Gasteiger partial charge < -0.3 is 4.74 Å². The average Bonchev–Trinajstić information content (AvgIpc) is 2.04. The van der Waals surface area contributed by atoms with Crippen molar-refractivity contribution in [1.82, 2.24) is 0 Å². The number of thioether (sulfide) groups is 1. The standard InChI is InChI=1S/C7H13NO3S/c1-3-11-7(9)4-5-12-6(2)8-10/h6H,3-5H2,1-2H3. The van der Waals surface area contributed by atoms with E-state index in [9.17, 15) is 9.70 Å². The molecule has 0 aliphatic carbocycles. The highest BCUT2D eigenvalue weighted by Crippen LogP contribution is 2.12. The van der Waals surface area contributed by atoms with Crippen molar-refractivity contribution in [3.63, 3.8) is 0 Å². The third-order valence-corrected chi connectivity index (χ3v) is 2.13. The van der Waals surface area contributed by atoms with E-state index in [0.29, 0.717) is 18.8 Å². The van der Waals surface area contributed by atoms with Crippen LogP contribution in [0.2, 0.25) is 0 Å². The minimum Gasteiger partial charge on any atom is -0.466 e. The van der Waals surface area contributed by atoms with Gasteiger partial charge in [0.25, 0.3) is 0 Å². The Morgan fingerprint density at radius 3 is 2.83 bits per heavy atom. The summed E-state index contributed by atoms with van der Waals surface area (Å²) in [7, 11) is 0. The molecule has 0 aromatic heterocycles. The first kappa shape index (κ1) is 11.4. The molecule has 0 aliphatic heterocycles. The molecular formula is C7H13NO3S. The Balaban J connectivity index is 3.30. The Kier molecular flexibility index (Phi) is 6.75. The van der Waals surface area contributed by atoms with Crippen molar-refractivity contribution in [3.8, 4) is 0 Å². The van der Waals surface area contributed by atoms with Gasteiger partial charge in [-0.15, -0.1) is 16.7 Å². The van der Waals surface area contributed by atoms with Crippen LogP contribution in [0.25, 0.3) is 0 Å². The van der Waals surface area contributed by atoms with Gasteiger partial charge in [0.1, 0.15) is 5.37 Å². The van der Waals surface area contributed by atoms with Crippen molar-refractivity contribution < 1.29 is 9.53 Å². The molecule has 1 atom stereocenters. The SMILES string of the molecule is CCOC(=O)CCSC(C)N=O. The molecule has 0 aromatic rings. The number of hydrogen-bond acceptors (Lipinski definition) is 5. The summed E-state index contributed by atoms with van der Waals surface area (Å²) >= 11 is 1.35. The largest absolute Gasteiger partial charge is 0.466 e. The Labute approximate surface area is 76.0 Å². The maximum absolute atomic E-state index is 10.8. The molecule has 0 N–H and O–H groups in total. The molecule has 0 bridgehead atoms. The highest BCUT2D eigenvalue weighted by molar-refractivity contribution is 7.99. The van der Waals surface area contributed by atoms with Gasteiger partial charge >= 0.3 is 5.97 Å². The molecule has 4 nitrogen and oxygen atoms in total. The van der Waals surface area contributed by atoms with Gasteiger partial charge in [0.15, 0.2) is 0 Å². The number of rotatable bonds is 6. The fourth-order valence-corrected chi connectivity index (χ4v) is 1.26. The number of carbonyl (C=O) groups excluding carboxylic acids is 1. The van der Waals surface area contributed by atoms with Crippen LogP contribution < -0.4 is 0 Å². The van der Waals surface area contributed by atoms with E-state index < -0.39 is 0 Å². The summed E-state index contributed by atoms with van der Waals surface area (Å²) in [6.07, 6.45) is 0.346. The van der Waals surface area contributed by atoms with Gasteiger partial charge in [-0.1, -0.05) is 5.18 Å². The van der Waals surface area contributed by atoms with E-state index in [-0.39, 0.29) is 11.3 Å². The fraction of sp³-hybridized carbons (Fsp3) is 0.857. The maximum Gasteiger partial charge on any atom is 0.306 e. The summed E-state index contributed by atoms with van der Waals surface area (Å²) in [6.45, 7) is 3.87. The number of hydrogen-bond donors (Lipinski definition) is 0. The first-order chi connectivity index (χ1) is 5.70. The van der Waals surface area contributed by atoms with Gasteiger partial charge in [0.05, 0.1) is 13.0 Å². The van der Waals surface area contributed by atoms with Crippen LogP contribution in [0, 0.1) is 4.91 Å². The monoisotopic (exact) mass is 191 g/mol. The second kappa shape index (κ2) is 7.09. The molecule has 5 heteroatoms. The zero-order valence-corrected chi connectivity index (χ0v) is 8.10. The Hall–Kier alpha value is -0.580. The number of esters is 1. The van der Waals surface area contributed by atoms with E-state index in [0.717, 1.165) is 0 Å². The minimum absolute atomic E-state index is 0.219. The highest BCUT2D eigenvalue weighted by atomic mass is 32.2. The summed E-state index contributed by atoms with van der Waals surface area (Å²) in [5.74, 6) is 0.370. The van der Waals surface area contributed by atoms with Gasteiger partial charge in [-0.3, -0.25) is 4.79 Å². The Morgan fingerprint density at radius 1 is 1.67 bits per heavy atom. The predicted octanol–water partition coefficient (Wildman–Crippen LogP) is 1.79. The summed E-state index contributed by atoms with van der Waals surface area (Å²) in [4.78, 5) is 20.7. The lowest BCUT2D eigenvalue weighted by molar-refractivity contribution is -0.142. The molecule has 0 fully saturated rings. The molecule has 0 saturated heterocycles. The Bertz CT molecular complexity index is 152. The highest BCUT2D eigenvalue weighted by Gasteiger charge is 2.04. The van der Waals surface area contributed by atoms with Crippen LogP contribution in [0.4, 0.5) is 0 Å². The summed E-state index contributed by atoms with van der Waals surface area (Å²) < 4.78 is 4.70. The van der Waals surface area contributed by atoms with Crippen LogP contribution >= 0.6 is 11.8 Å². The normalized spacial score (nSPS) is 12.2. The van der Waals surface area contributed by atoms with Gasteiger partial charge in [0.2, 0.25) is 0 Å². The molecule has 0 aliphatic rings. The molecule has 0 aromatic carbocycles. The quantitative estimate of drug-likeness (QED) is 0.474. The first-order valence-electron chi connectivity index (χ1n) is 3.80. The van der Waals surface area contributed by atoms with Crippen molar-refractivity contribution >= 4 is 17.7 Å². The smallest absolute Gasteiger partial charge is 0.306 e. The lowest BCUT2D eigenvalue weighted by atomic mass is 10.5. The van der Waals surface area contributed by atoms with E-state index in [4.69, 9.17) is 4.74 Å². The minimum atomic E-state index is -0.278. The molecular weight excluding hydrogens is 178 g/mol. The number of nitrogens with zero attached hydrogens (tertiary/aromatic N) is 1. The van der Waals surface area contributed by atoms with Gasteiger partial charge in [0, 0.05) is 5.75 Å². The molecule has 0 spiro atoms. The topological polar surface area (TPSA) is 55.7 Å². The molecule has 0 radical (unpaired) electrons. The lowest BCUT2D eigenvalue weighted by Crippen LogP contribution is -2.05. The van der Waals surface area contributed by atoms with Gasteiger partial charge in [-0.2, -0.15) is 0 Å². The van der Waals surface area contributed by atoms with Crippen LogP contribution in [0.5, 0.6) is 0 Å². The van der Waals surface area contributed by atoms with Crippen LogP contribution in [0.3, 0.4) is 0 Å². The second-order valence-corrected chi connectivity index (χ2v) is 3.55. The predicted molar refractivity (Wildman–Crippen MR) is 49.0 cm³/mol. The van der Waals surface area contributed by atoms with Crippen molar-refractivity contribution in [1.29, 1.82) is 0 Å². The summed E-state index contributed by atoms with van der Waals surface area (Å²) in [5, 5.41) is 2.51. The van der Waals surface area contributed by atoms with Crippen molar-refractivity contribution in [2.45, 2.75) is 25.6 Å². The molecule has 12 heavy (non-hydrogen) atoms. The Morgan fingerprint density at radius 2 is 2.33 bits per heavy atom. The van der Waals surface area contributed by atoms with Crippen LogP contribution in [-0.4, -0.2) is 23.7 Å². The van der Waals surface area contributed by atoms with Crippen LogP contribution in [-0.2, 0) is 9.53 Å². The zero-order chi connectivity index (χ0) is 9.40. The molecule has 70 valence electrons. The average molecular weight is 191 g/mol. The van der Waals surface area contributed by atoms with E-state index in [1.807, 2.05) is 0 Å².